The van der Waals surface area contributed by atoms with Crippen LogP contribution in [0.4, 0.5) is 11.4 Å². The summed E-state index contributed by atoms with van der Waals surface area (Å²) >= 11 is 0. The van der Waals surface area contributed by atoms with Crippen molar-refractivity contribution in [2.45, 2.75) is 44.4 Å². The number of rotatable bonds is 8. The summed E-state index contributed by atoms with van der Waals surface area (Å²) in [4.78, 5) is 15.3. The van der Waals surface area contributed by atoms with E-state index in [0.29, 0.717) is 45.1 Å². The number of morpholine rings is 1. The molecule has 4 rings (SSSR count). The van der Waals surface area contributed by atoms with E-state index in [2.05, 4.69) is 22.3 Å². The van der Waals surface area contributed by atoms with E-state index in [1.165, 1.54) is 21.9 Å². The lowest BCUT2D eigenvalue weighted by Crippen LogP contribution is -2.37. The van der Waals surface area contributed by atoms with Crippen molar-refractivity contribution in [1.82, 2.24) is 4.31 Å². The van der Waals surface area contributed by atoms with Crippen LogP contribution in [0.5, 0.6) is 0 Å². The van der Waals surface area contributed by atoms with Gasteiger partial charge in [-0.2, -0.15) is 4.31 Å². The zero-order valence-corrected chi connectivity index (χ0v) is 20.3. The highest BCUT2D eigenvalue weighted by molar-refractivity contribution is 7.89. The molecule has 2 aliphatic rings. The van der Waals surface area contributed by atoms with Crippen LogP contribution in [0.2, 0.25) is 0 Å². The summed E-state index contributed by atoms with van der Waals surface area (Å²) in [5.74, 6) is -0.153. The highest BCUT2D eigenvalue weighted by Crippen LogP contribution is 2.31. The maximum absolute atomic E-state index is 13.1. The topological polar surface area (TPSA) is 79.0 Å². The second kappa shape index (κ2) is 10.2. The quantitative estimate of drug-likeness (QED) is 0.640. The minimum Gasteiger partial charge on any atom is -0.378 e. The Morgan fingerprint density at radius 1 is 1.03 bits per heavy atom. The van der Waals surface area contributed by atoms with Crippen molar-refractivity contribution in [2.24, 2.45) is 0 Å². The van der Waals surface area contributed by atoms with Crippen LogP contribution in [0, 0.1) is 0 Å². The lowest BCUT2D eigenvalue weighted by atomic mass is 10.0. The SMILES string of the molecule is CCN(CC)S(=O)(=O)c1ccc(N2CCOCC2)c(NC(=O)Cc2ccc3c(c2)CCC3)c1. The number of anilines is 2. The zero-order chi connectivity index (χ0) is 23.4. The van der Waals surface area contributed by atoms with Gasteiger partial charge in [0.05, 0.1) is 35.9 Å². The van der Waals surface area contributed by atoms with Gasteiger partial charge >= 0.3 is 0 Å². The van der Waals surface area contributed by atoms with Crippen molar-refractivity contribution in [3.63, 3.8) is 0 Å². The molecule has 178 valence electrons. The van der Waals surface area contributed by atoms with E-state index in [9.17, 15) is 13.2 Å². The number of hydrogen-bond acceptors (Lipinski definition) is 5. The summed E-state index contributed by atoms with van der Waals surface area (Å²) in [6.45, 7) is 7.01. The first-order valence-electron chi connectivity index (χ1n) is 11.8. The smallest absolute Gasteiger partial charge is 0.243 e. The fourth-order valence-corrected chi connectivity index (χ4v) is 6.17. The third-order valence-corrected chi connectivity index (χ3v) is 8.51. The average Bonchev–Trinajstić information content (AvgIpc) is 3.28. The average molecular weight is 472 g/mol. The van der Waals surface area contributed by atoms with Crippen LogP contribution < -0.4 is 10.2 Å². The second-order valence-corrected chi connectivity index (χ2v) is 10.5. The minimum atomic E-state index is -3.63. The van der Waals surface area contributed by atoms with Crippen LogP contribution in [0.15, 0.2) is 41.3 Å². The number of hydrogen-bond donors (Lipinski definition) is 1. The highest BCUT2D eigenvalue weighted by Gasteiger charge is 2.25. The summed E-state index contributed by atoms with van der Waals surface area (Å²) in [7, 11) is -3.63. The Hall–Kier alpha value is -2.42. The van der Waals surface area contributed by atoms with Gasteiger partial charge in [0.15, 0.2) is 0 Å². The lowest BCUT2D eigenvalue weighted by molar-refractivity contribution is -0.115. The van der Waals surface area contributed by atoms with Gasteiger partial charge in [-0.05, 0) is 54.2 Å². The van der Waals surface area contributed by atoms with E-state index in [1.54, 1.807) is 18.2 Å². The Morgan fingerprint density at radius 3 is 2.48 bits per heavy atom. The van der Waals surface area contributed by atoms with Crippen LogP contribution in [-0.2, 0) is 38.8 Å². The van der Waals surface area contributed by atoms with Crippen molar-refractivity contribution in [3.8, 4) is 0 Å². The van der Waals surface area contributed by atoms with Gasteiger partial charge in [-0.3, -0.25) is 4.79 Å². The molecule has 0 aromatic heterocycles. The van der Waals surface area contributed by atoms with Crippen LogP contribution in [0.1, 0.15) is 37.0 Å². The summed E-state index contributed by atoms with van der Waals surface area (Å²) in [6, 6.07) is 11.3. The molecule has 8 heteroatoms. The van der Waals surface area contributed by atoms with Crippen LogP contribution in [0.3, 0.4) is 0 Å². The Labute approximate surface area is 196 Å². The normalized spacial score (nSPS) is 16.2. The molecule has 2 aromatic carbocycles. The molecule has 0 spiro atoms. The van der Waals surface area contributed by atoms with Gasteiger partial charge in [0.1, 0.15) is 0 Å². The first-order chi connectivity index (χ1) is 15.9. The fourth-order valence-electron chi connectivity index (χ4n) is 4.68. The van der Waals surface area contributed by atoms with E-state index < -0.39 is 10.0 Å². The van der Waals surface area contributed by atoms with E-state index in [0.717, 1.165) is 24.1 Å². The number of amides is 1. The Kier molecular flexibility index (Phi) is 7.36. The number of nitrogens with zero attached hydrogens (tertiary/aromatic N) is 2. The Balaban J connectivity index is 1.61. The molecule has 1 aliphatic heterocycles. The number of aryl methyl sites for hydroxylation is 2. The van der Waals surface area contributed by atoms with Crippen molar-refractivity contribution in [1.29, 1.82) is 0 Å². The molecule has 33 heavy (non-hydrogen) atoms. The maximum atomic E-state index is 13.1. The van der Waals surface area contributed by atoms with Crippen molar-refractivity contribution >= 4 is 27.3 Å². The first-order valence-corrected chi connectivity index (χ1v) is 13.2. The number of sulfonamides is 1. The number of benzene rings is 2. The van der Waals surface area contributed by atoms with Gasteiger partial charge in [-0.1, -0.05) is 32.0 Å². The van der Waals surface area contributed by atoms with E-state index in [1.807, 2.05) is 19.9 Å². The molecule has 1 amide bonds. The number of carbonyl (C=O) groups is 1. The molecule has 1 fully saturated rings. The third kappa shape index (κ3) is 5.23. The van der Waals surface area contributed by atoms with Crippen LogP contribution in [0.25, 0.3) is 0 Å². The molecule has 1 heterocycles. The van der Waals surface area contributed by atoms with Crippen molar-refractivity contribution in [2.75, 3.05) is 49.6 Å². The highest BCUT2D eigenvalue weighted by atomic mass is 32.2. The molecule has 0 atom stereocenters. The predicted molar refractivity (Wildman–Crippen MR) is 130 cm³/mol. The van der Waals surface area contributed by atoms with Gasteiger partial charge in [0, 0.05) is 26.2 Å². The monoisotopic (exact) mass is 471 g/mol. The van der Waals surface area contributed by atoms with Gasteiger partial charge in [0.25, 0.3) is 0 Å². The predicted octanol–water partition coefficient (Wildman–Crippen LogP) is 3.22. The van der Waals surface area contributed by atoms with Crippen LogP contribution >= 0.6 is 0 Å². The van der Waals surface area contributed by atoms with Gasteiger partial charge in [0.2, 0.25) is 15.9 Å². The molecule has 7 nitrogen and oxygen atoms in total. The van der Waals surface area contributed by atoms with Gasteiger partial charge in [-0.15, -0.1) is 0 Å². The third-order valence-electron chi connectivity index (χ3n) is 6.46. The van der Waals surface area contributed by atoms with E-state index in [-0.39, 0.29) is 17.2 Å². The van der Waals surface area contributed by atoms with Crippen molar-refractivity contribution < 1.29 is 17.9 Å². The minimum absolute atomic E-state index is 0.153. The summed E-state index contributed by atoms with van der Waals surface area (Å²) in [5, 5.41) is 3.01. The number of fused-ring (bicyclic) bond motifs is 1. The molecule has 0 bridgehead atoms. The summed E-state index contributed by atoms with van der Waals surface area (Å²) < 4.78 is 33.1. The van der Waals surface area contributed by atoms with E-state index in [4.69, 9.17) is 4.74 Å². The Bertz CT molecular complexity index is 1110. The summed E-state index contributed by atoms with van der Waals surface area (Å²) in [5.41, 5.74) is 5.04. The molecule has 1 aliphatic carbocycles. The second-order valence-electron chi connectivity index (χ2n) is 8.55. The van der Waals surface area contributed by atoms with E-state index >= 15 is 0 Å². The molecular formula is C25H33N3O4S. The Morgan fingerprint density at radius 2 is 1.76 bits per heavy atom. The first kappa shape index (κ1) is 23.7. The lowest BCUT2D eigenvalue weighted by Gasteiger charge is -2.31. The number of carbonyl (C=O) groups excluding carboxylic acids is 1. The molecule has 1 saturated heterocycles. The van der Waals surface area contributed by atoms with Gasteiger partial charge < -0.3 is 15.0 Å². The maximum Gasteiger partial charge on any atom is 0.243 e. The van der Waals surface area contributed by atoms with Crippen molar-refractivity contribution in [3.05, 3.63) is 53.1 Å². The van der Waals surface area contributed by atoms with Crippen LogP contribution in [-0.4, -0.2) is 58.0 Å². The summed E-state index contributed by atoms with van der Waals surface area (Å²) in [6.07, 6.45) is 3.60. The molecule has 0 radical (unpaired) electrons. The number of ether oxygens (including phenoxy) is 1. The fraction of sp³-hybridized carbons (Fsp3) is 0.480. The zero-order valence-electron chi connectivity index (χ0n) is 19.5. The molecule has 0 unspecified atom stereocenters. The standard InChI is InChI=1S/C25H33N3O4S/c1-3-28(4-2)33(30,31)22-10-11-24(27-12-14-32-15-13-27)23(18-22)26-25(29)17-19-8-9-20-6-5-7-21(20)16-19/h8-11,16,18H,3-7,12-15,17H2,1-2H3,(H,26,29). The molecule has 0 saturated carbocycles. The van der Waals surface area contributed by atoms with Gasteiger partial charge in [-0.25, -0.2) is 8.42 Å². The molecular weight excluding hydrogens is 438 g/mol. The molecule has 1 N–H and O–H groups in total. The number of nitrogens with one attached hydrogen (secondary N) is 1. The largest absolute Gasteiger partial charge is 0.378 e. The molecule has 2 aromatic rings.